The number of anilines is 2. The molecule has 0 atom stereocenters. The van der Waals surface area contributed by atoms with Crippen LogP contribution in [0.25, 0.3) is 11.1 Å². The van der Waals surface area contributed by atoms with Crippen LogP contribution in [0, 0.1) is 6.92 Å². The average molecular weight is 444 g/mol. The van der Waals surface area contributed by atoms with Gasteiger partial charge in [-0.1, -0.05) is 24.3 Å². The lowest BCUT2D eigenvalue weighted by molar-refractivity contribution is -0.129. The number of rotatable bonds is 5. The highest BCUT2D eigenvalue weighted by atomic mass is 16.5. The predicted octanol–water partition coefficient (Wildman–Crippen LogP) is 4.59. The van der Waals surface area contributed by atoms with E-state index in [4.69, 9.17) is 4.74 Å². The van der Waals surface area contributed by atoms with Crippen LogP contribution < -0.4 is 15.0 Å². The SMILES string of the molecule is COc1ccc(-c2cccc(C(=O)Nc3ccc(N4CCN(C(C)=O)CC4)cc3)c2C)cc1. The Hall–Kier alpha value is -3.80. The van der Waals surface area contributed by atoms with Gasteiger partial charge in [0.2, 0.25) is 5.91 Å². The molecule has 1 aliphatic rings. The first-order chi connectivity index (χ1) is 16.0. The van der Waals surface area contributed by atoms with Gasteiger partial charge in [-0.25, -0.2) is 0 Å². The lowest BCUT2D eigenvalue weighted by atomic mass is 9.96. The van der Waals surface area contributed by atoms with Gasteiger partial charge in [-0.2, -0.15) is 0 Å². The van der Waals surface area contributed by atoms with E-state index in [0.29, 0.717) is 5.56 Å². The molecule has 6 heteroatoms. The van der Waals surface area contributed by atoms with Crippen LogP contribution in [0.4, 0.5) is 11.4 Å². The number of benzene rings is 3. The van der Waals surface area contributed by atoms with Crippen LogP contribution in [-0.2, 0) is 4.79 Å². The monoisotopic (exact) mass is 443 g/mol. The second-order valence-electron chi connectivity index (χ2n) is 8.20. The van der Waals surface area contributed by atoms with Gasteiger partial charge < -0.3 is 19.9 Å². The Morgan fingerprint density at radius 2 is 1.55 bits per heavy atom. The van der Waals surface area contributed by atoms with E-state index in [1.165, 1.54) is 0 Å². The predicted molar refractivity (Wildman–Crippen MR) is 132 cm³/mol. The molecule has 0 spiro atoms. The molecule has 0 unspecified atom stereocenters. The molecular weight excluding hydrogens is 414 g/mol. The fourth-order valence-electron chi connectivity index (χ4n) is 4.20. The second-order valence-corrected chi connectivity index (χ2v) is 8.20. The van der Waals surface area contributed by atoms with Crippen LogP contribution in [0.5, 0.6) is 5.75 Å². The number of carbonyl (C=O) groups excluding carboxylic acids is 2. The highest BCUT2D eigenvalue weighted by Crippen LogP contribution is 2.28. The number of nitrogens with one attached hydrogen (secondary N) is 1. The van der Waals surface area contributed by atoms with Gasteiger partial charge in [-0.15, -0.1) is 0 Å². The molecule has 0 radical (unpaired) electrons. The Balaban J connectivity index is 1.44. The Morgan fingerprint density at radius 1 is 0.879 bits per heavy atom. The maximum absolute atomic E-state index is 13.0. The van der Waals surface area contributed by atoms with Gasteiger partial charge in [-0.3, -0.25) is 9.59 Å². The normalized spacial score (nSPS) is 13.5. The van der Waals surface area contributed by atoms with Crippen LogP contribution in [0.3, 0.4) is 0 Å². The molecule has 2 amide bonds. The summed E-state index contributed by atoms with van der Waals surface area (Å²) in [5.74, 6) is 0.791. The Bertz CT molecular complexity index is 1130. The molecule has 33 heavy (non-hydrogen) atoms. The molecule has 1 aliphatic heterocycles. The fraction of sp³-hybridized carbons (Fsp3) is 0.259. The maximum Gasteiger partial charge on any atom is 0.255 e. The number of carbonyl (C=O) groups is 2. The summed E-state index contributed by atoms with van der Waals surface area (Å²) in [5.41, 5.74) is 5.48. The minimum absolute atomic E-state index is 0.124. The maximum atomic E-state index is 13.0. The van der Waals surface area contributed by atoms with E-state index in [2.05, 4.69) is 10.2 Å². The zero-order valence-corrected chi connectivity index (χ0v) is 19.3. The van der Waals surface area contributed by atoms with Crippen molar-refractivity contribution in [1.29, 1.82) is 0 Å². The minimum Gasteiger partial charge on any atom is -0.497 e. The summed E-state index contributed by atoms with van der Waals surface area (Å²) in [6.45, 7) is 6.67. The van der Waals surface area contributed by atoms with Crippen molar-refractivity contribution in [2.75, 3.05) is 43.5 Å². The van der Waals surface area contributed by atoms with Crippen LogP contribution in [0.15, 0.2) is 66.7 Å². The third-order valence-electron chi connectivity index (χ3n) is 6.19. The molecule has 6 nitrogen and oxygen atoms in total. The van der Waals surface area contributed by atoms with Crippen LogP contribution in [0.1, 0.15) is 22.8 Å². The first kappa shape index (κ1) is 22.4. The molecule has 1 heterocycles. The molecule has 1 fully saturated rings. The summed E-state index contributed by atoms with van der Waals surface area (Å²) in [4.78, 5) is 28.7. The first-order valence-electron chi connectivity index (χ1n) is 11.1. The van der Waals surface area contributed by atoms with Crippen molar-refractivity contribution in [1.82, 2.24) is 4.90 Å². The Morgan fingerprint density at radius 3 is 2.15 bits per heavy atom. The summed E-state index contributed by atoms with van der Waals surface area (Å²) in [7, 11) is 1.65. The molecule has 1 N–H and O–H groups in total. The van der Waals surface area contributed by atoms with Gasteiger partial charge in [-0.05, 0) is 66.1 Å². The number of hydrogen-bond acceptors (Lipinski definition) is 4. The summed E-state index contributed by atoms with van der Waals surface area (Å²) in [5, 5.41) is 3.02. The van der Waals surface area contributed by atoms with E-state index in [0.717, 1.165) is 60.0 Å². The van der Waals surface area contributed by atoms with E-state index in [9.17, 15) is 9.59 Å². The van der Waals surface area contributed by atoms with Gasteiger partial charge in [0.1, 0.15) is 5.75 Å². The Kier molecular flexibility index (Phi) is 6.63. The van der Waals surface area contributed by atoms with Gasteiger partial charge >= 0.3 is 0 Å². The van der Waals surface area contributed by atoms with Gasteiger partial charge in [0.05, 0.1) is 7.11 Å². The number of methoxy groups -OCH3 is 1. The van der Waals surface area contributed by atoms with E-state index in [1.807, 2.05) is 78.6 Å². The first-order valence-corrected chi connectivity index (χ1v) is 11.1. The smallest absolute Gasteiger partial charge is 0.255 e. The molecule has 4 rings (SSSR count). The zero-order valence-electron chi connectivity index (χ0n) is 19.3. The lowest BCUT2D eigenvalue weighted by Crippen LogP contribution is -2.48. The third kappa shape index (κ3) is 5.00. The number of amides is 2. The summed E-state index contributed by atoms with van der Waals surface area (Å²) < 4.78 is 5.24. The van der Waals surface area contributed by atoms with E-state index < -0.39 is 0 Å². The van der Waals surface area contributed by atoms with Gasteiger partial charge in [0, 0.05) is 50.0 Å². The standard InChI is InChI=1S/C27H29N3O3/c1-19-25(21-7-13-24(33-3)14-8-21)5-4-6-26(19)27(32)28-22-9-11-23(12-10-22)30-17-15-29(16-18-30)20(2)31/h4-14H,15-18H2,1-3H3,(H,28,32). The zero-order chi connectivity index (χ0) is 23.4. The number of nitrogens with zero attached hydrogens (tertiary/aromatic N) is 2. The van der Waals surface area contributed by atoms with Gasteiger partial charge in [0.25, 0.3) is 5.91 Å². The molecular formula is C27H29N3O3. The Labute approximate surface area is 194 Å². The lowest BCUT2D eigenvalue weighted by Gasteiger charge is -2.35. The highest BCUT2D eigenvalue weighted by Gasteiger charge is 2.19. The van der Waals surface area contributed by atoms with Crippen molar-refractivity contribution in [2.45, 2.75) is 13.8 Å². The van der Waals surface area contributed by atoms with Crippen LogP contribution >= 0.6 is 0 Å². The van der Waals surface area contributed by atoms with Crippen molar-refractivity contribution >= 4 is 23.2 Å². The van der Waals surface area contributed by atoms with E-state index in [-0.39, 0.29) is 11.8 Å². The van der Waals surface area contributed by atoms with Crippen molar-refractivity contribution < 1.29 is 14.3 Å². The van der Waals surface area contributed by atoms with E-state index >= 15 is 0 Å². The number of ether oxygens (including phenoxy) is 1. The third-order valence-corrected chi connectivity index (χ3v) is 6.19. The molecule has 1 saturated heterocycles. The molecule has 0 aliphatic carbocycles. The van der Waals surface area contributed by atoms with Crippen molar-refractivity contribution in [3.8, 4) is 16.9 Å². The van der Waals surface area contributed by atoms with Crippen molar-refractivity contribution in [2.24, 2.45) is 0 Å². The van der Waals surface area contributed by atoms with Crippen LogP contribution in [-0.4, -0.2) is 50.0 Å². The van der Waals surface area contributed by atoms with Crippen molar-refractivity contribution in [3.05, 3.63) is 77.9 Å². The number of piperazine rings is 1. The average Bonchev–Trinajstić information content (AvgIpc) is 2.85. The molecule has 0 saturated carbocycles. The highest BCUT2D eigenvalue weighted by molar-refractivity contribution is 6.06. The van der Waals surface area contributed by atoms with Crippen LogP contribution in [0.2, 0.25) is 0 Å². The number of hydrogen-bond donors (Lipinski definition) is 1. The molecule has 170 valence electrons. The van der Waals surface area contributed by atoms with Gasteiger partial charge in [0.15, 0.2) is 0 Å². The van der Waals surface area contributed by atoms with Crippen molar-refractivity contribution in [3.63, 3.8) is 0 Å². The summed E-state index contributed by atoms with van der Waals surface area (Å²) in [6.07, 6.45) is 0. The fourth-order valence-corrected chi connectivity index (χ4v) is 4.20. The van der Waals surface area contributed by atoms with E-state index in [1.54, 1.807) is 14.0 Å². The largest absolute Gasteiger partial charge is 0.497 e. The summed E-state index contributed by atoms with van der Waals surface area (Å²) >= 11 is 0. The quantitative estimate of drug-likeness (QED) is 0.627. The molecule has 0 bridgehead atoms. The minimum atomic E-state index is -0.134. The molecule has 3 aromatic carbocycles. The second kappa shape index (κ2) is 9.77. The molecule has 3 aromatic rings. The topological polar surface area (TPSA) is 61.9 Å². The molecule has 0 aromatic heterocycles. The summed E-state index contributed by atoms with van der Waals surface area (Å²) in [6, 6.07) is 21.5.